The molecule has 1 aromatic rings. The van der Waals surface area contributed by atoms with Crippen LogP contribution >= 0.6 is 0 Å². The predicted molar refractivity (Wildman–Crippen MR) is 93.4 cm³/mol. The zero-order valence-corrected chi connectivity index (χ0v) is 14.4. The molecule has 2 fully saturated rings. The van der Waals surface area contributed by atoms with Crippen LogP contribution in [0, 0.1) is 0 Å². The first-order valence-corrected chi connectivity index (χ1v) is 9.00. The summed E-state index contributed by atoms with van der Waals surface area (Å²) < 4.78 is 0. The second-order valence-corrected chi connectivity index (χ2v) is 6.82. The molecule has 1 unspecified atom stereocenters. The van der Waals surface area contributed by atoms with Gasteiger partial charge in [0, 0.05) is 39.1 Å². The Kier molecular flexibility index (Phi) is 5.51. The predicted octanol–water partition coefficient (Wildman–Crippen LogP) is 1.95. The number of amides is 2. The molecule has 2 amide bonds. The molecule has 0 radical (unpaired) electrons. The van der Waals surface area contributed by atoms with Gasteiger partial charge in [-0.25, -0.2) is 0 Å². The summed E-state index contributed by atoms with van der Waals surface area (Å²) in [4.78, 5) is 28.3. The highest BCUT2D eigenvalue weighted by molar-refractivity contribution is 5.83. The molecular weight excluding hydrogens is 302 g/mol. The topological polar surface area (TPSA) is 52.7 Å². The van der Waals surface area contributed by atoms with Gasteiger partial charge in [0.15, 0.2) is 0 Å². The first kappa shape index (κ1) is 17.0. The van der Waals surface area contributed by atoms with Crippen molar-refractivity contribution in [2.45, 2.75) is 44.7 Å². The molecule has 1 atom stereocenters. The van der Waals surface area contributed by atoms with Crippen molar-refractivity contribution in [3.05, 3.63) is 35.9 Å². The molecule has 0 spiro atoms. The lowest BCUT2D eigenvalue weighted by Crippen LogP contribution is -2.48. The van der Waals surface area contributed by atoms with Gasteiger partial charge in [0.1, 0.15) is 6.04 Å². The van der Waals surface area contributed by atoms with Gasteiger partial charge in [-0.1, -0.05) is 30.3 Å². The second kappa shape index (κ2) is 7.79. The average Bonchev–Trinajstić information content (AvgIpc) is 3.15. The molecule has 1 N–H and O–H groups in total. The van der Waals surface area contributed by atoms with Gasteiger partial charge < -0.3 is 9.80 Å². The Balaban J connectivity index is 1.69. The van der Waals surface area contributed by atoms with Crippen LogP contribution in [0.5, 0.6) is 0 Å². The number of likely N-dealkylation sites (tertiary alicyclic amines) is 2. The molecule has 0 bridgehead atoms. The highest BCUT2D eigenvalue weighted by Crippen LogP contribution is 2.22. The smallest absolute Gasteiger partial charge is 0.244 e. The number of hydrogen-bond donors (Lipinski definition) is 1. The van der Waals surface area contributed by atoms with Gasteiger partial charge in [0.25, 0.3) is 0 Å². The minimum atomic E-state index is -0.279. The molecule has 5 heteroatoms. The van der Waals surface area contributed by atoms with E-state index in [0.717, 1.165) is 57.4 Å². The summed E-state index contributed by atoms with van der Waals surface area (Å²) in [5.74, 6) is 0.328. The minimum Gasteiger partial charge on any atom is -0.343 e. The lowest BCUT2D eigenvalue weighted by molar-refractivity contribution is -0.134. The van der Waals surface area contributed by atoms with Crippen LogP contribution in [-0.4, -0.2) is 53.8 Å². The summed E-state index contributed by atoms with van der Waals surface area (Å²) >= 11 is 0. The number of carbonyl (C=O) groups is 2. The molecule has 2 heterocycles. The summed E-state index contributed by atoms with van der Waals surface area (Å²) in [5, 5.41) is 3.58. The number of rotatable bonds is 4. The third-order valence-electron chi connectivity index (χ3n) is 5.14. The van der Waals surface area contributed by atoms with E-state index >= 15 is 0 Å². The van der Waals surface area contributed by atoms with Crippen LogP contribution in [0.1, 0.15) is 44.2 Å². The first-order valence-electron chi connectivity index (χ1n) is 9.00. The lowest BCUT2D eigenvalue weighted by Gasteiger charge is -2.35. The van der Waals surface area contributed by atoms with Crippen LogP contribution < -0.4 is 5.32 Å². The SMILES string of the molecule is CC(=O)N1CCC(NC(C(=O)N2CCCC2)c2ccccc2)CC1. The van der Waals surface area contributed by atoms with Crippen molar-refractivity contribution in [1.82, 2.24) is 15.1 Å². The highest BCUT2D eigenvalue weighted by Gasteiger charge is 2.31. The highest BCUT2D eigenvalue weighted by atomic mass is 16.2. The Labute approximate surface area is 144 Å². The number of benzene rings is 1. The van der Waals surface area contributed by atoms with Gasteiger partial charge in [-0.3, -0.25) is 14.9 Å². The van der Waals surface area contributed by atoms with Gasteiger partial charge in [-0.15, -0.1) is 0 Å². The Bertz CT molecular complexity index is 561. The van der Waals surface area contributed by atoms with Crippen molar-refractivity contribution in [3.63, 3.8) is 0 Å². The third-order valence-corrected chi connectivity index (χ3v) is 5.14. The van der Waals surface area contributed by atoms with Crippen LogP contribution in [0.3, 0.4) is 0 Å². The second-order valence-electron chi connectivity index (χ2n) is 6.82. The van der Waals surface area contributed by atoms with Crippen molar-refractivity contribution in [3.8, 4) is 0 Å². The fourth-order valence-electron chi connectivity index (χ4n) is 3.67. The van der Waals surface area contributed by atoms with E-state index in [-0.39, 0.29) is 23.9 Å². The lowest BCUT2D eigenvalue weighted by atomic mass is 10.00. The van der Waals surface area contributed by atoms with E-state index in [9.17, 15) is 9.59 Å². The van der Waals surface area contributed by atoms with Crippen molar-refractivity contribution < 1.29 is 9.59 Å². The minimum absolute atomic E-state index is 0.140. The van der Waals surface area contributed by atoms with Gasteiger partial charge in [-0.2, -0.15) is 0 Å². The summed E-state index contributed by atoms with van der Waals surface area (Å²) in [7, 11) is 0. The number of nitrogens with zero attached hydrogens (tertiary/aromatic N) is 2. The fourth-order valence-corrected chi connectivity index (χ4v) is 3.67. The zero-order chi connectivity index (χ0) is 16.9. The molecular formula is C19H27N3O2. The molecule has 24 heavy (non-hydrogen) atoms. The van der Waals surface area contributed by atoms with Crippen LogP contribution in [-0.2, 0) is 9.59 Å². The van der Waals surface area contributed by atoms with E-state index in [1.807, 2.05) is 40.1 Å². The first-order chi connectivity index (χ1) is 11.6. The largest absolute Gasteiger partial charge is 0.343 e. The molecule has 0 aromatic heterocycles. The van der Waals surface area contributed by atoms with Crippen molar-refractivity contribution in [2.75, 3.05) is 26.2 Å². The van der Waals surface area contributed by atoms with Gasteiger partial charge >= 0.3 is 0 Å². The Morgan fingerprint density at radius 2 is 1.62 bits per heavy atom. The van der Waals surface area contributed by atoms with Crippen LogP contribution in [0.15, 0.2) is 30.3 Å². The van der Waals surface area contributed by atoms with E-state index in [1.165, 1.54) is 0 Å². The number of hydrogen-bond acceptors (Lipinski definition) is 3. The van der Waals surface area contributed by atoms with Crippen molar-refractivity contribution in [2.24, 2.45) is 0 Å². The van der Waals surface area contributed by atoms with Gasteiger partial charge in [0.2, 0.25) is 11.8 Å². The normalized spacial score (nSPS) is 20.2. The number of piperidine rings is 1. The van der Waals surface area contributed by atoms with Crippen molar-refractivity contribution in [1.29, 1.82) is 0 Å². The zero-order valence-electron chi connectivity index (χ0n) is 14.4. The molecule has 0 aliphatic carbocycles. The molecule has 2 aliphatic rings. The molecule has 3 rings (SSSR count). The van der Waals surface area contributed by atoms with Crippen molar-refractivity contribution >= 4 is 11.8 Å². The van der Waals surface area contributed by atoms with E-state index in [0.29, 0.717) is 0 Å². The quantitative estimate of drug-likeness (QED) is 0.919. The van der Waals surface area contributed by atoms with E-state index < -0.39 is 0 Å². The molecule has 0 saturated carbocycles. The summed E-state index contributed by atoms with van der Waals surface area (Å²) in [6.45, 7) is 4.90. The van der Waals surface area contributed by atoms with Crippen LogP contribution in [0.4, 0.5) is 0 Å². The maximum absolute atomic E-state index is 13.0. The van der Waals surface area contributed by atoms with E-state index in [2.05, 4.69) is 5.32 Å². The maximum Gasteiger partial charge on any atom is 0.244 e. The average molecular weight is 329 g/mol. The molecule has 2 saturated heterocycles. The standard InChI is InChI=1S/C19H27N3O2/c1-15(23)21-13-9-17(10-14-21)20-18(16-7-3-2-4-8-16)19(24)22-11-5-6-12-22/h2-4,7-8,17-18,20H,5-6,9-14H2,1H3. The summed E-state index contributed by atoms with van der Waals surface area (Å²) in [5.41, 5.74) is 1.03. The number of nitrogens with one attached hydrogen (secondary N) is 1. The Hall–Kier alpha value is -1.88. The Morgan fingerprint density at radius 3 is 2.21 bits per heavy atom. The molecule has 130 valence electrons. The monoisotopic (exact) mass is 329 g/mol. The van der Waals surface area contributed by atoms with Gasteiger partial charge in [0.05, 0.1) is 0 Å². The van der Waals surface area contributed by atoms with E-state index in [1.54, 1.807) is 6.92 Å². The summed E-state index contributed by atoms with van der Waals surface area (Å²) in [6, 6.07) is 9.99. The fraction of sp³-hybridized carbons (Fsp3) is 0.579. The third kappa shape index (κ3) is 3.96. The van der Waals surface area contributed by atoms with Crippen LogP contribution in [0.25, 0.3) is 0 Å². The molecule has 5 nitrogen and oxygen atoms in total. The molecule has 1 aromatic carbocycles. The number of carbonyl (C=O) groups excluding carboxylic acids is 2. The maximum atomic E-state index is 13.0. The van der Waals surface area contributed by atoms with E-state index in [4.69, 9.17) is 0 Å². The molecule has 2 aliphatic heterocycles. The van der Waals surface area contributed by atoms with Crippen LogP contribution in [0.2, 0.25) is 0 Å². The summed E-state index contributed by atoms with van der Waals surface area (Å²) in [6.07, 6.45) is 4.00. The van der Waals surface area contributed by atoms with Gasteiger partial charge in [-0.05, 0) is 31.2 Å². The Morgan fingerprint density at radius 1 is 1.00 bits per heavy atom.